The third kappa shape index (κ3) is 3.53. The molecular formula is C14H19FN2O. The number of piperidine rings is 1. The van der Waals surface area contributed by atoms with Gasteiger partial charge in [0, 0.05) is 12.5 Å². The van der Waals surface area contributed by atoms with Gasteiger partial charge in [-0.2, -0.15) is 0 Å². The molecule has 0 aromatic heterocycles. The summed E-state index contributed by atoms with van der Waals surface area (Å²) in [6.45, 7) is 2.84. The van der Waals surface area contributed by atoms with Crippen LogP contribution in [0.3, 0.4) is 0 Å². The highest BCUT2D eigenvalue weighted by atomic mass is 19.1. The third-order valence-electron chi connectivity index (χ3n) is 3.24. The summed E-state index contributed by atoms with van der Waals surface area (Å²) in [6.07, 6.45) is 3.76. The number of rotatable bonds is 3. The van der Waals surface area contributed by atoms with Crippen LogP contribution < -0.4 is 10.6 Å². The maximum Gasteiger partial charge on any atom is 0.226 e. The fraction of sp³-hybridized carbons (Fsp3) is 0.500. The fourth-order valence-electron chi connectivity index (χ4n) is 2.26. The number of nitrogens with one attached hydrogen (secondary N) is 2. The zero-order chi connectivity index (χ0) is 13.0. The number of hydrogen-bond acceptors (Lipinski definition) is 2. The Hall–Kier alpha value is -1.42. The van der Waals surface area contributed by atoms with E-state index in [0.717, 1.165) is 24.9 Å². The Morgan fingerprint density at radius 1 is 1.50 bits per heavy atom. The predicted molar refractivity (Wildman–Crippen MR) is 70.0 cm³/mol. The van der Waals surface area contributed by atoms with Crippen molar-refractivity contribution >= 4 is 11.6 Å². The third-order valence-corrected chi connectivity index (χ3v) is 3.24. The highest BCUT2D eigenvalue weighted by molar-refractivity contribution is 5.91. The van der Waals surface area contributed by atoms with Gasteiger partial charge in [-0.05, 0) is 44.0 Å². The summed E-state index contributed by atoms with van der Waals surface area (Å²) in [5.74, 6) is -0.510. The van der Waals surface area contributed by atoms with Gasteiger partial charge in [0.2, 0.25) is 5.91 Å². The van der Waals surface area contributed by atoms with Crippen LogP contribution in [0, 0.1) is 12.7 Å². The minimum Gasteiger partial charge on any atom is -0.324 e. The lowest BCUT2D eigenvalue weighted by atomic mass is 10.0. The van der Waals surface area contributed by atoms with Crippen LogP contribution in [0.15, 0.2) is 18.2 Å². The van der Waals surface area contributed by atoms with Crippen molar-refractivity contribution in [3.8, 4) is 0 Å². The minimum atomic E-state index is -0.384. The largest absolute Gasteiger partial charge is 0.324 e. The van der Waals surface area contributed by atoms with E-state index in [-0.39, 0.29) is 23.5 Å². The molecule has 0 radical (unpaired) electrons. The second-order valence-corrected chi connectivity index (χ2v) is 4.88. The van der Waals surface area contributed by atoms with Crippen molar-refractivity contribution < 1.29 is 9.18 Å². The first-order valence-electron chi connectivity index (χ1n) is 6.44. The Kier molecular flexibility index (Phi) is 4.31. The van der Waals surface area contributed by atoms with Gasteiger partial charge >= 0.3 is 0 Å². The van der Waals surface area contributed by atoms with Crippen molar-refractivity contribution in [2.75, 3.05) is 11.9 Å². The summed E-state index contributed by atoms with van der Waals surface area (Å²) in [5, 5.41) is 5.95. The van der Waals surface area contributed by atoms with Gasteiger partial charge in [-0.15, -0.1) is 0 Å². The highest BCUT2D eigenvalue weighted by Crippen LogP contribution is 2.17. The van der Waals surface area contributed by atoms with E-state index in [1.54, 1.807) is 12.1 Å². The first kappa shape index (κ1) is 13.0. The van der Waals surface area contributed by atoms with Crippen molar-refractivity contribution in [2.45, 2.75) is 38.6 Å². The zero-order valence-corrected chi connectivity index (χ0v) is 10.6. The summed E-state index contributed by atoms with van der Waals surface area (Å²) in [4.78, 5) is 11.8. The van der Waals surface area contributed by atoms with Gasteiger partial charge in [-0.3, -0.25) is 4.79 Å². The molecule has 1 aliphatic heterocycles. The molecule has 3 nitrogen and oxygen atoms in total. The summed E-state index contributed by atoms with van der Waals surface area (Å²) < 4.78 is 13.5. The smallest absolute Gasteiger partial charge is 0.226 e. The van der Waals surface area contributed by atoms with Gasteiger partial charge in [-0.1, -0.05) is 12.5 Å². The van der Waals surface area contributed by atoms with Gasteiger partial charge in [0.15, 0.2) is 0 Å². The number of hydrogen-bond donors (Lipinski definition) is 2. The molecule has 18 heavy (non-hydrogen) atoms. The molecule has 0 spiro atoms. The van der Waals surface area contributed by atoms with Gasteiger partial charge in [0.05, 0.1) is 5.69 Å². The lowest BCUT2D eigenvalue weighted by molar-refractivity contribution is -0.116. The normalized spacial score (nSPS) is 19.6. The minimum absolute atomic E-state index is 0.126. The molecule has 0 saturated carbocycles. The predicted octanol–water partition coefficient (Wildman–Crippen LogP) is 2.60. The number of benzene rings is 1. The maximum atomic E-state index is 13.5. The van der Waals surface area contributed by atoms with Crippen LogP contribution >= 0.6 is 0 Å². The average Bonchev–Trinajstić information content (AvgIpc) is 2.35. The van der Waals surface area contributed by atoms with E-state index >= 15 is 0 Å². The molecule has 98 valence electrons. The van der Waals surface area contributed by atoms with Crippen molar-refractivity contribution in [3.63, 3.8) is 0 Å². The Balaban J connectivity index is 1.92. The van der Waals surface area contributed by atoms with Crippen molar-refractivity contribution in [2.24, 2.45) is 0 Å². The fourth-order valence-corrected chi connectivity index (χ4v) is 2.26. The summed E-state index contributed by atoms with van der Waals surface area (Å²) in [7, 11) is 0. The number of halogens is 1. The van der Waals surface area contributed by atoms with E-state index in [9.17, 15) is 9.18 Å². The molecule has 1 heterocycles. The van der Waals surface area contributed by atoms with E-state index in [1.165, 1.54) is 12.5 Å². The number of carbonyl (C=O) groups is 1. The molecule has 0 bridgehead atoms. The first-order chi connectivity index (χ1) is 8.65. The van der Waals surface area contributed by atoms with Crippen LogP contribution in [-0.4, -0.2) is 18.5 Å². The van der Waals surface area contributed by atoms with E-state index in [0.29, 0.717) is 6.42 Å². The highest BCUT2D eigenvalue weighted by Gasteiger charge is 2.17. The quantitative estimate of drug-likeness (QED) is 0.865. The lowest BCUT2D eigenvalue weighted by Gasteiger charge is -2.22. The average molecular weight is 250 g/mol. The summed E-state index contributed by atoms with van der Waals surface area (Å²) in [6, 6.07) is 4.95. The maximum absolute atomic E-state index is 13.5. The first-order valence-corrected chi connectivity index (χ1v) is 6.44. The Morgan fingerprint density at radius 2 is 2.33 bits per heavy atom. The van der Waals surface area contributed by atoms with E-state index < -0.39 is 0 Å². The molecule has 1 aromatic rings. The number of carbonyl (C=O) groups excluding carboxylic acids is 1. The molecule has 1 unspecified atom stereocenters. The van der Waals surface area contributed by atoms with Gasteiger partial charge in [0.25, 0.3) is 0 Å². The second kappa shape index (κ2) is 5.96. The lowest BCUT2D eigenvalue weighted by Crippen LogP contribution is -2.37. The SMILES string of the molecule is Cc1ccc(F)c(NC(=O)CC2CCCCN2)c1. The molecule has 1 aliphatic rings. The van der Waals surface area contributed by atoms with Crippen LogP contribution in [0.5, 0.6) is 0 Å². The second-order valence-electron chi connectivity index (χ2n) is 4.88. The molecule has 1 amide bonds. The Labute approximate surface area is 107 Å². The van der Waals surface area contributed by atoms with Crippen LogP contribution in [0.2, 0.25) is 0 Å². The molecule has 1 saturated heterocycles. The van der Waals surface area contributed by atoms with E-state index in [4.69, 9.17) is 0 Å². The number of anilines is 1. The standard InChI is InChI=1S/C14H19FN2O/c1-10-5-6-12(15)13(8-10)17-14(18)9-11-4-2-3-7-16-11/h5-6,8,11,16H,2-4,7,9H2,1H3,(H,17,18). The van der Waals surface area contributed by atoms with Crippen molar-refractivity contribution in [3.05, 3.63) is 29.6 Å². The van der Waals surface area contributed by atoms with E-state index in [2.05, 4.69) is 10.6 Å². The van der Waals surface area contributed by atoms with Crippen LogP contribution in [0.25, 0.3) is 0 Å². The Bertz CT molecular complexity index is 428. The molecular weight excluding hydrogens is 231 g/mol. The molecule has 1 aromatic carbocycles. The zero-order valence-electron chi connectivity index (χ0n) is 10.6. The summed E-state index contributed by atoms with van der Waals surface area (Å²) in [5.41, 5.74) is 1.21. The van der Waals surface area contributed by atoms with Gasteiger partial charge in [0.1, 0.15) is 5.82 Å². The van der Waals surface area contributed by atoms with Crippen LogP contribution in [-0.2, 0) is 4.79 Å². The molecule has 0 aliphatic carbocycles. The monoisotopic (exact) mass is 250 g/mol. The molecule has 2 rings (SSSR count). The number of amides is 1. The van der Waals surface area contributed by atoms with Crippen LogP contribution in [0.1, 0.15) is 31.2 Å². The molecule has 1 fully saturated rings. The van der Waals surface area contributed by atoms with Crippen molar-refractivity contribution in [1.82, 2.24) is 5.32 Å². The molecule has 4 heteroatoms. The topological polar surface area (TPSA) is 41.1 Å². The van der Waals surface area contributed by atoms with Crippen LogP contribution in [0.4, 0.5) is 10.1 Å². The molecule has 1 atom stereocenters. The summed E-state index contributed by atoms with van der Waals surface area (Å²) >= 11 is 0. The number of aryl methyl sites for hydroxylation is 1. The van der Waals surface area contributed by atoms with Gasteiger partial charge < -0.3 is 10.6 Å². The van der Waals surface area contributed by atoms with Gasteiger partial charge in [-0.25, -0.2) is 4.39 Å². The Morgan fingerprint density at radius 3 is 3.06 bits per heavy atom. The molecule has 2 N–H and O–H groups in total. The van der Waals surface area contributed by atoms with E-state index in [1.807, 2.05) is 6.92 Å². The van der Waals surface area contributed by atoms with Crippen molar-refractivity contribution in [1.29, 1.82) is 0 Å².